The molecule has 1 aliphatic rings. The molecule has 0 atom stereocenters. The second-order valence-electron chi connectivity index (χ2n) is 2.77. The van der Waals surface area contributed by atoms with Gasteiger partial charge in [-0.3, -0.25) is 0 Å². The van der Waals surface area contributed by atoms with Gasteiger partial charge in [-0.1, -0.05) is 0 Å². The van der Waals surface area contributed by atoms with Crippen LogP contribution < -0.4 is 0 Å². The van der Waals surface area contributed by atoms with Gasteiger partial charge in [-0.2, -0.15) is 4.79 Å². The van der Waals surface area contributed by atoms with Crippen LogP contribution in [0.1, 0.15) is 13.3 Å². The van der Waals surface area contributed by atoms with Crippen LogP contribution in [-0.2, 0) is 0 Å². The van der Waals surface area contributed by atoms with Crippen molar-refractivity contribution in [3.63, 3.8) is 0 Å². The van der Waals surface area contributed by atoms with E-state index in [0.29, 0.717) is 12.1 Å². The predicted octanol–water partition coefficient (Wildman–Crippen LogP) is 1.45. The minimum atomic E-state index is 0.711. The fourth-order valence-corrected chi connectivity index (χ4v) is 1.07. The molecule has 64 valence electrons. The topological polar surface area (TPSA) is 39.6 Å². The van der Waals surface area contributed by atoms with Crippen molar-refractivity contribution in [1.29, 1.82) is 0 Å². The van der Waals surface area contributed by atoms with Gasteiger partial charge in [0.2, 0.25) is 0 Å². The van der Waals surface area contributed by atoms with Gasteiger partial charge in [-0.15, -0.1) is 0 Å². The van der Waals surface area contributed by atoms with Gasteiger partial charge in [-0.05, 0) is 19.1 Å². The van der Waals surface area contributed by atoms with Gasteiger partial charge < -0.3 is 10.4 Å². The van der Waals surface area contributed by atoms with Crippen LogP contribution in [0.4, 0.5) is 0 Å². The van der Waals surface area contributed by atoms with Gasteiger partial charge >= 0.3 is 0 Å². The predicted molar refractivity (Wildman–Crippen MR) is 48.8 cm³/mol. The van der Waals surface area contributed by atoms with Crippen LogP contribution in [0.5, 0.6) is 0 Å². The lowest BCUT2D eigenvalue weighted by Gasteiger charge is -2.18. The van der Waals surface area contributed by atoms with Crippen LogP contribution in [0, 0.1) is 0 Å². The smallest absolute Gasteiger partial charge is 0.295 e. The lowest BCUT2D eigenvalue weighted by atomic mass is 10.1. The third kappa shape index (κ3) is 1.83. The minimum Gasteiger partial charge on any atom is -0.375 e. The molecule has 0 heterocycles. The van der Waals surface area contributed by atoms with Gasteiger partial charge in [0.1, 0.15) is 0 Å². The zero-order valence-corrected chi connectivity index (χ0v) is 7.49. The van der Waals surface area contributed by atoms with Gasteiger partial charge in [-0.25, -0.2) is 0 Å². The first-order valence-corrected chi connectivity index (χ1v) is 4.08. The number of rotatable bonds is 2. The Labute approximate surface area is 72.6 Å². The highest BCUT2D eigenvalue weighted by Gasteiger charge is 2.09. The second kappa shape index (κ2) is 3.88. The first kappa shape index (κ1) is 8.75. The Morgan fingerprint density at radius 1 is 1.58 bits per heavy atom. The first-order chi connectivity index (χ1) is 5.77. The molecule has 0 unspecified atom stereocenters. The lowest BCUT2D eigenvalue weighted by molar-refractivity contribution is -0.00546. The molecular formula is C9H13N3. The third-order valence-corrected chi connectivity index (χ3v) is 2.01. The Morgan fingerprint density at radius 3 is 2.75 bits per heavy atom. The molecule has 0 saturated heterocycles. The van der Waals surface area contributed by atoms with Crippen molar-refractivity contribution in [3.8, 4) is 0 Å². The molecule has 1 aliphatic carbocycles. The van der Waals surface area contributed by atoms with E-state index in [1.165, 1.54) is 5.70 Å². The number of likely N-dealkylation sites (N-methyl/N-ethyl adjacent to an activating group) is 1. The summed E-state index contributed by atoms with van der Waals surface area (Å²) in [6.07, 6.45) is 6.56. The summed E-state index contributed by atoms with van der Waals surface area (Å²) in [5, 5.41) is 0. The van der Waals surface area contributed by atoms with Gasteiger partial charge in [0.05, 0.1) is 6.42 Å². The summed E-state index contributed by atoms with van der Waals surface area (Å²) in [6, 6.07) is 0. The SMILES string of the molecule is CCN(C)C1=CCC(=[N+]=[N-])C=C1. The van der Waals surface area contributed by atoms with E-state index in [0.717, 1.165) is 6.54 Å². The van der Waals surface area contributed by atoms with Crippen molar-refractivity contribution >= 4 is 5.71 Å². The highest BCUT2D eigenvalue weighted by Crippen LogP contribution is 2.09. The maximum Gasteiger partial charge on any atom is 0.295 e. The largest absolute Gasteiger partial charge is 0.375 e. The standard InChI is InChI=1S/C9H13N3/c1-3-12(2)9-6-4-8(11-10)5-7-9/h4,6-7H,3,5H2,1-2H3. The Kier molecular flexibility index (Phi) is 2.83. The summed E-state index contributed by atoms with van der Waals surface area (Å²) in [6.45, 7) is 3.09. The molecule has 0 aromatic carbocycles. The van der Waals surface area contributed by atoms with E-state index in [1.807, 2.05) is 19.2 Å². The molecular weight excluding hydrogens is 150 g/mol. The van der Waals surface area contributed by atoms with Crippen LogP contribution in [-0.4, -0.2) is 29.0 Å². The number of hydrogen-bond acceptors (Lipinski definition) is 1. The Balaban J connectivity index is 2.70. The van der Waals surface area contributed by atoms with Crippen molar-refractivity contribution in [1.82, 2.24) is 4.90 Å². The van der Waals surface area contributed by atoms with E-state index in [9.17, 15) is 0 Å². The van der Waals surface area contributed by atoms with E-state index in [4.69, 9.17) is 5.53 Å². The van der Waals surface area contributed by atoms with Crippen molar-refractivity contribution < 1.29 is 4.79 Å². The molecule has 0 radical (unpaired) electrons. The zero-order valence-electron chi connectivity index (χ0n) is 7.49. The number of allylic oxidation sites excluding steroid dienone is 3. The molecule has 1 rings (SSSR count). The minimum absolute atomic E-state index is 0.711. The molecule has 0 aromatic heterocycles. The van der Waals surface area contributed by atoms with E-state index in [1.54, 1.807) is 0 Å². The van der Waals surface area contributed by atoms with Crippen LogP contribution in [0.2, 0.25) is 0 Å². The summed E-state index contributed by atoms with van der Waals surface area (Å²) in [5.41, 5.74) is 10.4. The molecule has 0 aromatic rings. The number of nitrogens with zero attached hydrogens (tertiary/aromatic N) is 3. The molecule has 0 fully saturated rings. The normalized spacial score (nSPS) is 15.5. The Hall–Kier alpha value is -1.34. The molecule has 3 heteroatoms. The van der Waals surface area contributed by atoms with Crippen molar-refractivity contribution in [2.45, 2.75) is 13.3 Å². The molecule has 3 nitrogen and oxygen atoms in total. The molecule has 0 spiro atoms. The molecule has 0 amide bonds. The van der Waals surface area contributed by atoms with Crippen LogP contribution in [0.15, 0.2) is 23.9 Å². The summed E-state index contributed by atoms with van der Waals surface area (Å²) < 4.78 is 0. The van der Waals surface area contributed by atoms with Gasteiger partial charge in [0, 0.05) is 25.4 Å². The first-order valence-electron chi connectivity index (χ1n) is 4.08. The quantitative estimate of drug-likeness (QED) is 0.448. The average Bonchev–Trinajstić information content (AvgIpc) is 2.17. The number of hydrogen-bond donors (Lipinski definition) is 0. The fraction of sp³-hybridized carbons (Fsp3) is 0.444. The molecule has 0 aliphatic heterocycles. The fourth-order valence-electron chi connectivity index (χ4n) is 1.07. The maximum absolute atomic E-state index is 8.47. The molecule has 0 N–H and O–H groups in total. The van der Waals surface area contributed by atoms with Crippen LogP contribution >= 0.6 is 0 Å². The zero-order chi connectivity index (χ0) is 8.97. The highest BCUT2D eigenvalue weighted by atomic mass is 15.1. The van der Waals surface area contributed by atoms with E-state index < -0.39 is 0 Å². The monoisotopic (exact) mass is 163 g/mol. The van der Waals surface area contributed by atoms with Crippen LogP contribution in [0.25, 0.3) is 5.53 Å². The third-order valence-electron chi connectivity index (χ3n) is 2.01. The lowest BCUT2D eigenvalue weighted by Crippen LogP contribution is -2.17. The van der Waals surface area contributed by atoms with Crippen molar-refractivity contribution in [2.75, 3.05) is 13.6 Å². The summed E-state index contributed by atoms with van der Waals surface area (Å²) in [5.74, 6) is 0. The van der Waals surface area contributed by atoms with Gasteiger partial charge in [0.15, 0.2) is 0 Å². The summed E-state index contributed by atoms with van der Waals surface area (Å²) >= 11 is 0. The Morgan fingerprint density at radius 2 is 2.33 bits per heavy atom. The molecule has 0 saturated carbocycles. The van der Waals surface area contributed by atoms with Crippen molar-refractivity contribution in [2.24, 2.45) is 0 Å². The average molecular weight is 163 g/mol. The van der Waals surface area contributed by atoms with Crippen LogP contribution in [0.3, 0.4) is 0 Å². The molecule has 0 bridgehead atoms. The van der Waals surface area contributed by atoms with E-state index in [-0.39, 0.29) is 0 Å². The second-order valence-corrected chi connectivity index (χ2v) is 2.77. The highest BCUT2D eigenvalue weighted by molar-refractivity contribution is 5.92. The van der Waals surface area contributed by atoms with Crippen molar-refractivity contribution in [3.05, 3.63) is 29.5 Å². The summed E-state index contributed by atoms with van der Waals surface area (Å²) in [4.78, 5) is 5.28. The maximum atomic E-state index is 8.47. The van der Waals surface area contributed by atoms with Gasteiger partial charge in [0.25, 0.3) is 5.71 Å². The van der Waals surface area contributed by atoms with E-state index in [2.05, 4.69) is 22.7 Å². The molecule has 12 heavy (non-hydrogen) atoms. The Bertz CT molecular complexity index is 269. The summed E-state index contributed by atoms with van der Waals surface area (Å²) in [7, 11) is 2.04. The van der Waals surface area contributed by atoms with E-state index >= 15 is 0 Å².